The Kier molecular flexibility index (Phi) is 6.43. The van der Waals surface area contributed by atoms with E-state index in [2.05, 4.69) is 15.3 Å². The summed E-state index contributed by atoms with van der Waals surface area (Å²) in [4.78, 5) is 44.7. The van der Waals surface area contributed by atoms with Crippen LogP contribution in [0.3, 0.4) is 0 Å². The highest BCUT2D eigenvalue weighted by atomic mass is 16.5. The number of carbonyl (C=O) groups excluding carboxylic acids is 1. The van der Waals surface area contributed by atoms with Crippen LogP contribution in [0.5, 0.6) is 11.5 Å². The summed E-state index contributed by atoms with van der Waals surface area (Å²) in [6.45, 7) is 6.14. The minimum Gasteiger partial charge on any atom is -0.497 e. The van der Waals surface area contributed by atoms with Gasteiger partial charge in [0.05, 0.1) is 25.2 Å². The van der Waals surface area contributed by atoms with Gasteiger partial charge in [0.15, 0.2) is 5.65 Å². The Morgan fingerprint density at radius 2 is 1.77 bits per heavy atom. The summed E-state index contributed by atoms with van der Waals surface area (Å²) in [6, 6.07) is 6.91. The summed E-state index contributed by atoms with van der Waals surface area (Å²) >= 11 is 0. The van der Waals surface area contributed by atoms with E-state index in [1.807, 2.05) is 13.8 Å². The lowest BCUT2D eigenvalue weighted by atomic mass is 10.0. The highest BCUT2D eigenvalue weighted by Crippen LogP contribution is 2.23. The molecule has 0 saturated carbocycles. The fraction of sp³-hybridized carbons (Fsp3) is 0.364. The number of nitrogens with zero attached hydrogens (tertiary/aromatic N) is 2. The highest BCUT2D eigenvalue weighted by molar-refractivity contribution is 6.05. The first-order chi connectivity index (χ1) is 14.8. The monoisotopic (exact) mass is 426 g/mol. The van der Waals surface area contributed by atoms with Crippen molar-refractivity contribution >= 4 is 16.9 Å². The molecule has 1 aromatic carbocycles. The number of hydrogen-bond donors (Lipinski definition) is 2. The van der Waals surface area contributed by atoms with Gasteiger partial charge in [-0.25, -0.2) is 9.78 Å². The van der Waals surface area contributed by atoms with Crippen molar-refractivity contribution in [3.63, 3.8) is 0 Å². The molecule has 0 aliphatic heterocycles. The number of amides is 1. The number of fused-ring (bicyclic) bond motifs is 1. The zero-order chi connectivity index (χ0) is 22.7. The third-order valence-electron chi connectivity index (χ3n) is 4.99. The van der Waals surface area contributed by atoms with Gasteiger partial charge in [-0.1, -0.05) is 13.8 Å². The maximum Gasteiger partial charge on any atom is 0.329 e. The topological polar surface area (TPSA) is 115 Å². The van der Waals surface area contributed by atoms with E-state index in [-0.39, 0.29) is 29.1 Å². The molecule has 31 heavy (non-hydrogen) atoms. The summed E-state index contributed by atoms with van der Waals surface area (Å²) in [7, 11) is 3.10. The summed E-state index contributed by atoms with van der Waals surface area (Å²) in [5, 5.41) is 2.93. The number of ether oxygens (including phenoxy) is 2. The number of aromatic nitrogens is 3. The summed E-state index contributed by atoms with van der Waals surface area (Å²) in [5.74, 6) is 0.758. The van der Waals surface area contributed by atoms with Gasteiger partial charge >= 0.3 is 5.69 Å². The molecule has 9 nitrogen and oxygen atoms in total. The lowest BCUT2D eigenvalue weighted by Crippen LogP contribution is -2.33. The van der Waals surface area contributed by atoms with Crippen molar-refractivity contribution < 1.29 is 14.3 Å². The zero-order valence-electron chi connectivity index (χ0n) is 18.2. The van der Waals surface area contributed by atoms with E-state index < -0.39 is 17.2 Å². The number of aryl methyl sites for hydroxylation is 1. The number of rotatable bonds is 7. The molecule has 2 aromatic heterocycles. The molecular formula is C22H26N4O5. The van der Waals surface area contributed by atoms with Crippen molar-refractivity contribution in [2.75, 3.05) is 14.2 Å². The van der Waals surface area contributed by atoms with E-state index in [0.29, 0.717) is 23.7 Å². The van der Waals surface area contributed by atoms with Crippen LogP contribution in [0.15, 0.2) is 33.9 Å². The van der Waals surface area contributed by atoms with Gasteiger partial charge in [-0.2, -0.15) is 0 Å². The van der Waals surface area contributed by atoms with Gasteiger partial charge < -0.3 is 14.8 Å². The van der Waals surface area contributed by atoms with Crippen molar-refractivity contribution in [1.29, 1.82) is 0 Å². The average molecular weight is 426 g/mol. The van der Waals surface area contributed by atoms with Crippen molar-refractivity contribution in [1.82, 2.24) is 19.9 Å². The molecule has 0 saturated heterocycles. The lowest BCUT2D eigenvalue weighted by Gasteiger charge is -2.14. The van der Waals surface area contributed by atoms with Gasteiger partial charge in [0.25, 0.3) is 11.5 Å². The molecule has 3 aromatic rings. The Morgan fingerprint density at radius 3 is 2.32 bits per heavy atom. The van der Waals surface area contributed by atoms with E-state index in [1.54, 1.807) is 45.4 Å². The van der Waals surface area contributed by atoms with Gasteiger partial charge in [0, 0.05) is 24.8 Å². The number of H-pyrrole nitrogens is 1. The standard InChI is InChI=1S/C22H26N4O5/c1-6-26-19-18(21(28)25-22(26)29)16(10-17(24-19)12(2)3)20(27)23-11-13-7-14(30-4)9-15(8-13)31-5/h7-10,12H,6,11H2,1-5H3,(H,23,27)(H,25,28,29). The first-order valence-electron chi connectivity index (χ1n) is 9.96. The summed E-state index contributed by atoms with van der Waals surface area (Å²) < 4.78 is 11.9. The van der Waals surface area contributed by atoms with Crippen molar-refractivity contribution in [2.45, 2.75) is 39.8 Å². The third-order valence-corrected chi connectivity index (χ3v) is 4.99. The van der Waals surface area contributed by atoms with Crippen LogP contribution in [0.25, 0.3) is 11.0 Å². The van der Waals surface area contributed by atoms with E-state index in [1.165, 1.54) is 4.57 Å². The third kappa shape index (κ3) is 4.45. The Hall–Kier alpha value is -3.62. The first-order valence-corrected chi connectivity index (χ1v) is 9.96. The van der Waals surface area contributed by atoms with Crippen molar-refractivity contribution in [3.05, 3.63) is 61.9 Å². The van der Waals surface area contributed by atoms with E-state index in [0.717, 1.165) is 5.56 Å². The maximum absolute atomic E-state index is 13.1. The molecule has 0 unspecified atom stereocenters. The normalized spacial score (nSPS) is 11.0. The summed E-state index contributed by atoms with van der Waals surface area (Å²) in [5.41, 5.74) is 0.575. The number of carbonyl (C=O) groups is 1. The molecule has 2 heterocycles. The molecule has 0 fully saturated rings. The highest BCUT2D eigenvalue weighted by Gasteiger charge is 2.20. The predicted molar refractivity (Wildman–Crippen MR) is 117 cm³/mol. The van der Waals surface area contributed by atoms with Crippen molar-refractivity contribution in [2.24, 2.45) is 0 Å². The molecule has 3 rings (SSSR count). The number of pyridine rings is 1. The minimum atomic E-state index is -0.638. The Morgan fingerprint density at radius 1 is 1.13 bits per heavy atom. The Labute approximate surface area is 179 Å². The molecule has 0 bridgehead atoms. The largest absolute Gasteiger partial charge is 0.497 e. The Bertz CT molecular complexity index is 1220. The zero-order valence-corrected chi connectivity index (χ0v) is 18.2. The first kappa shape index (κ1) is 22.1. The molecule has 164 valence electrons. The molecule has 1 amide bonds. The van der Waals surface area contributed by atoms with Crippen LogP contribution in [0.2, 0.25) is 0 Å². The van der Waals surface area contributed by atoms with Gasteiger partial charge in [0.1, 0.15) is 11.5 Å². The second kappa shape index (κ2) is 9.03. The maximum atomic E-state index is 13.1. The molecule has 2 N–H and O–H groups in total. The quantitative estimate of drug-likeness (QED) is 0.598. The van der Waals surface area contributed by atoms with Gasteiger partial charge in [-0.15, -0.1) is 0 Å². The van der Waals surface area contributed by atoms with Crippen LogP contribution in [-0.2, 0) is 13.1 Å². The van der Waals surface area contributed by atoms with Gasteiger partial charge in [-0.3, -0.25) is 19.1 Å². The number of hydrogen-bond acceptors (Lipinski definition) is 6. The number of benzene rings is 1. The van der Waals surface area contributed by atoms with Crippen LogP contribution in [0.1, 0.15) is 48.3 Å². The van der Waals surface area contributed by atoms with Crippen LogP contribution in [0, 0.1) is 0 Å². The van der Waals surface area contributed by atoms with Crippen LogP contribution in [-0.4, -0.2) is 34.7 Å². The molecule has 0 radical (unpaired) electrons. The van der Waals surface area contributed by atoms with Crippen LogP contribution < -0.4 is 26.0 Å². The van der Waals surface area contributed by atoms with Gasteiger partial charge in [-0.05, 0) is 36.6 Å². The molecule has 0 spiro atoms. The fourth-order valence-corrected chi connectivity index (χ4v) is 3.31. The van der Waals surface area contributed by atoms with E-state index in [4.69, 9.17) is 9.47 Å². The average Bonchev–Trinajstić information content (AvgIpc) is 2.76. The van der Waals surface area contributed by atoms with Crippen LogP contribution >= 0.6 is 0 Å². The number of methoxy groups -OCH3 is 2. The lowest BCUT2D eigenvalue weighted by molar-refractivity contribution is 0.0952. The fourth-order valence-electron chi connectivity index (χ4n) is 3.31. The minimum absolute atomic E-state index is 0.00158. The number of aromatic amines is 1. The van der Waals surface area contributed by atoms with E-state index >= 15 is 0 Å². The second-order valence-electron chi connectivity index (χ2n) is 7.36. The summed E-state index contributed by atoms with van der Waals surface area (Å²) in [6.07, 6.45) is 0. The van der Waals surface area contributed by atoms with Gasteiger partial charge in [0.2, 0.25) is 0 Å². The molecule has 9 heteroatoms. The number of nitrogens with one attached hydrogen (secondary N) is 2. The Balaban J connectivity index is 2.06. The predicted octanol–water partition coefficient (Wildman–Crippen LogP) is 2.18. The molecule has 0 aliphatic carbocycles. The molecule has 0 atom stereocenters. The smallest absolute Gasteiger partial charge is 0.329 e. The van der Waals surface area contributed by atoms with E-state index in [9.17, 15) is 14.4 Å². The molecular weight excluding hydrogens is 400 g/mol. The molecule has 0 aliphatic rings. The second-order valence-corrected chi connectivity index (χ2v) is 7.36. The van der Waals surface area contributed by atoms with Crippen molar-refractivity contribution in [3.8, 4) is 11.5 Å². The SMILES string of the molecule is CCn1c(=O)[nH]c(=O)c2c(C(=O)NCc3cc(OC)cc(OC)c3)cc(C(C)C)nc21. The van der Waals surface area contributed by atoms with Crippen LogP contribution in [0.4, 0.5) is 0 Å².